The first kappa shape index (κ1) is 66.5. The number of para-hydroxylation sites is 2. The van der Waals surface area contributed by atoms with Gasteiger partial charge in [0.1, 0.15) is 5.69 Å². The van der Waals surface area contributed by atoms with Crippen LogP contribution in [0, 0.1) is 0 Å². The molecule has 0 saturated carbocycles. The van der Waals surface area contributed by atoms with Crippen LogP contribution in [0.25, 0.3) is 166 Å². The number of benzene rings is 14. The van der Waals surface area contributed by atoms with Crippen LogP contribution in [0.2, 0.25) is 5.28 Å². The van der Waals surface area contributed by atoms with E-state index >= 15 is 0 Å². The van der Waals surface area contributed by atoms with Gasteiger partial charge in [0, 0.05) is 43.8 Å². The molecular formula is C94H68BClN8O2. The molecule has 0 spiro atoms. The monoisotopic (exact) mass is 1390 g/mol. The highest BCUT2D eigenvalue weighted by atomic mass is 35.5. The lowest BCUT2D eigenvalue weighted by atomic mass is 9.79. The van der Waals surface area contributed by atoms with Crippen LogP contribution >= 0.6 is 11.6 Å². The molecule has 1 aliphatic rings. The average molecular weight is 1390 g/mol. The molecule has 106 heavy (non-hydrogen) atoms. The molecule has 0 radical (unpaired) electrons. The Labute approximate surface area is 620 Å². The predicted molar refractivity (Wildman–Crippen MR) is 436 cm³/mol. The number of rotatable bonds is 10. The SMILES string of the molecule is CC1(C)OB(c2nc3ccccc3c3cc4ccccc4cc23)OC1(C)C.Clc1nc(-c2ccc(-c3ccccc3)cc2)nc(-c2ccc(-c3ccccc3)cc2)n1.c1ccc(-c2ccc(-c3nc(-c4ccc(-c5ccccc5)cc4)nc(-c4nc5ccccc5c5cc6ccccc6cc45)n3)cc2)cc1. The van der Waals surface area contributed by atoms with Crippen molar-refractivity contribution >= 4 is 89.2 Å². The summed E-state index contributed by atoms with van der Waals surface area (Å²) in [5.41, 5.74) is 15.5. The van der Waals surface area contributed by atoms with Gasteiger partial charge >= 0.3 is 7.12 Å². The number of nitrogens with zero attached hydrogens (tertiary/aromatic N) is 8. The van der Waals surface area contributed by atoms with Gasteiger partial charge < -0.3 is 9.31 Å². The zero-order valence-electron chi connectivity index (χ0n) is 58.7. The van der Waals surface area contributed by atoms with Gasteiger partial charge in [-0.2, -0.15) is 9.97 Å². The minimum atomic E-state index is -0.483. The van der Waals surface area contributed by atoms with Crippen LogP contribution in [0.3, 0.4) is 0 Å². The Balaban J connectivity index is 0.000000124. The second-order valence-corrected chi connectivity index (χ2v) is 27.7. The van der Waals surface area contributed by atoms with E-state index in [1.807, 2.05) is 84.9 Å². The third-order valence-electron chi connectivity index (χ3n) is 20.1. The average Bonchev–Trinajstić information content (AvgIpc) is 1.75. The van der Waals surface area contributed by atoms with Gasteiger partial charge in [-0.15, -0.1) is 0 Å². The molecule has 1 fully saturated rings. The maximum Gasteiger partial charge on any atom is 0.515 e. The maximum atomic E-state index is 6.33. The number of hydrogen-bond acceptors (Lipinski definition) is 10. The van der Waals surface area contributed by atoms with Gasteiger partial charge in [-0.1, -0.05) is 303 Å². The Morgan fingerprint density at radius 1 is 0.236 bits per heavy atom. The zero-order valence-corrected chi connectivity index (χ0v) is 59.4. The van der Waals surface area contributed by atoms with Crippen LogP contribution in [0.4, 0.5) is 0 Å². The third-order valence-corrected chi connectivity index (χ3v) is 20.3. The summed E-state index contributed by atoms with van der Waals surface area (Å²) in [6, 6.07) is 117. The molecule has 506 valence electrons. The molecule has 0 unspecified atom stereocenters. The molecule has 1 saturated heterocycles. The standard InChI is InChI=1S/C44H28N4.C27H18ClN3.C23H22BNO2/c1-3-11-29(12-4-1)31-19-23-33(24-20-31)42-46-43(34-25-21-32(22-26-34)30-13-5-2-6-14-30)48-44(47-42)41-39-28-36-16-8-7-15-35(36)27-38(39)37-17-9-10-18-40(37)45-41;28-27-30-25(23-15-11-21(12-16-23)19-7-3-1-4-8-19)29-26(31-27)24-17-13-22(14-18-24)20-9-5-2-6-10-20;1-22(2)23(3,4)27-24(26-22)21-19-14-16-10-6-5-9-15(16)13-18(19)17-11-7-8-12-20(17)25-21/h1-28H;1-18H;5-14H,1-4H3. The van der Waals surface area contributed by atoms with Crippen LogP contribution in [-0.4, -0.2) is 58.2 Å². The summed E-state index contributed by atoms with van der Waals surface area (Å²) in [5.74, 6) is 2.86. The summed E-state index contributed by atoms with van der Waals surface area (Å²) in [5, 5.41) is 11.6. The molecule has 14 aromatic carbocycles. The summed E-state index contributed by atoms with van der Waals surface area (Å²) < 4.78 is 12.7. The van der Waals surface area contributed by atoms with Gasteiger partial charge in [0.2, 0.25) is 5.28 Å². The van der Waals surface area contributed by atoms with E-state index in [0.29, 0.717) is 29.1 Å². The van der Waals surface area contributed by atoms with Crippen molar-refractivity contribution in [3.05, 3.63) is 345 Å². The Morgan fingerprint density at radius 2 is 0.500 bits per heavy atom. The fourth-order valence-corrected chi connectivity index (χ4v) is 13.9. The van der Waals surface area contributed by atoms with Crippen molar-refractivity contribution in [1.82, 2.24) is 39.9 Å². The number of halogens is 1. The molecule has 5 heterocycles. The lowest BCUT2D eigenvalue weighted by Crippen LogP contribution is -2.41. The third kappa shape index (κ3) is 13.5. The minimum absolute atomic E-state index is 0.180. The first-order chi connectivity index (χ1) is 51.9. The zero-order chi connectivity index (χ0) is 71.7. The van der Waals surface area contributed by atoms with E-state index in [9.17, 15) is 0 Å². The predicted octanol–water partition coefficient (Wildman–Crippen LogP) is 23.1. The molecule has 12 heteroatoms. The van der Waals surface area contributed by atoms with Gasteiger partial charge in [-0.25, -0.2) is 24.9 Å². The second-order valence-electron chi connectivity index (χ2n) is 27.4. The Morgan fingerprint density at radius 3 is 0.868 bits per heavy atom. The molecular weight excluding hydrogens is 1320 g/mol. The molecule has 10 nitrogen and oxygen atoms in total. The van der Waals surface area contributed by atoms with Crippen molar-refractivity contribution in [3.63, 3.8) is 0 Å². The van der Waals surface area contributed by atoms with Crippen LogP contribution in [0.15, 0.2) is 340 Å². The summed E-state index contributed by atoms with van der Waals surface area (Å²) in [6.07, 6.45) is 0. The summed E-state index contributed by atoms with van der Waals surface area (Å²) in [6.45, 7) is 8.30. The van der Waals surface area contributed by atoms with Gasteiger partial charge in [0.15, 0.2) is 29.1 Å². The molecule has 4 aromatic heterocycles. The van der Waals surface area contributed by atoms with Gasteiger partial charge in [-0.3, -0.25) is 4.98 Å². The van der Waals surface area contributed by atoms with E-state index in [-0.39, 0.29) is 5.28 Å². The molecule has 0 aliphatic carbocycles. The summed E-state index contributed by atoms with van der Waals surface area (Å²) in [7, 11) is -0.483. The first-order valence-corrected chi connectivity index (χ1v) is 35.9. The van der Waals surface area contributed by atoms with Crippen molar-refractivity contribution in [2.24, 2.45) is 0 Å². The van der Waals surface area contributed by atoms with Crippen molar-refractivity contribution in [3.8, 4) is 102 Å². The summed E-state index contributed by atoms with van der Waals surface area (Å²) >= 11 is 6.24. The number of hydrogen-bond donors (Lipinski definition) is 0. The quantitative estimate of drug-likeness (QED) is 0.0743. The lowest BCUT2D eigenvalue weighted by Gasteiger charge is -2.32. The fourth-order valence-electron chi connectivity index (χ4n) is 13.7. The van der Waals surface area contributed by atoms with Crippen LogP contribution in [0.5, 0.6) is 0 Å². The second kappa shape index (κ2) is 28.5. The van der Waals surface area contributed by atoms with E-state index in [1.54, 1.807) is 0 Å². The van der Waals surface area contributed by atoms with Crippen LogP contribution in [-0.2, 0) is 9.31 Å². The molecule has 0 N–H and O–H groups in total. The molecule has 0 atom stereocenters. The number of pyridine rings is 2. The van der Waals surface area contributed by atoms with Crippen molar-refractivity contribution in [2.45, 2.75) is 38.9 Å². The topological polar surface area (TPSA) is 122 Å². The van der Waals surface area contributed by atoms with E-state index in [0.717, 1.165) is 99.1 Å². The molecule has 0 amide bonds. The summed E-state index contributed by atoms with van der Waals surface area (Å²) in [4.78, 5) is 38.8. The van der Waals surface area contributed by atoms with Crippen molar-refractivity contribution in [1.29, 1.82) is 0 Å². The van der Waals surface area contributed by atoms with Gasteiger partial charge in [-0.05, 0) is 153 Å². The van der Waals surface area contributed by atoms with E-state index < -0.39 is 18.3 Å². The van der Waals surface area contributed by atoms with E-state index in [4.69, 9.17) is 45.8 Å². The molecule has 0 bridgehead atoms. The van der Waals surface area contributed by atoms with Crippen LogP contribution < -0.4 is 5.59 Å². The van der Waals surface area contributed by atoms with Crippen LogP contribution in [0.1, 0.15) is 27.7 Å². The Kier molecular flexibility index (Phi) is 17.8. The molecule has 18 aromatic rings. The Hall–Kier alpha value is -12.8. The maximum absolute atomic E-state index is 6.33. The normalized spacial score (nSPS) is 13.0. The molecule has 19 rings (SSSR count). The van der Waals surface area contributed by atoms with E-state index in [1.165, 1.54) is 43.8 Å². The smallest absolute Gasteiger partial charge is 0.398 e. The van der Waals surface area contributed by atoms with Crippen molar-refractivity contribution < 1.29 is 9.31 Å². The highest BCUT2D eigenvalue weighted by molar-refractivity contribution is 6.64. The highest BCUT2D eigenvalue weighted by Gasteiger charge is 2.53. The number of fused-ring (bicyclic) bond motifs is 8. The number of aromatic nitrogens is 8. The largest absolute Gasteiger partial charge is 0.515 e. The van der Waals surface area contributed by atoms with Gasteiger partial charge in [0.05, 0.1) is 27.8 Å². The fraction of sp³-hybridized carbons (Fsp3) is 0.0638. The Bertz CT molecular complexity index is 6040. The van der Waals surface area contributed by atoms with Crippen molar-refractivity contribution in [2.75, 3.05) is 0 Å². The van der Waals surface area contributed by atoms with E-state index in [2.05, 4.69) is 297 Å². The molecule has 1 aliphatic heterocycles. The lowest BCUT2D eigenvalue weighted by molar-refractivity contribution is 0.00578. The van der Waals surface area contributed by atoms with Gasteiger partial charge in [0.25, 0.3) is 0 Å². The highest BCUT2D eigenvalue weighted by Crippen LogP contribution is 2.40. The first-order valence-electron chi connectivity index (χ1n) is 35.5. The minimum Gasteiger partial charge on any atom is -0.398 e.